The fraction of sp³-hybridized carbons (Fsp3) is 0.250. The molecule has 0 saturated heterocycles. The number of urea groups is 1. The van der Waals surface area contributed by atoms with Gasteiger partial charge in [-0.1, -0.05) is 6.07 Å². The second-order valence-electron chi connectivity index (χ2n) is 4.69. The van der Waals surface area contributed by atoms with Gasteiger partial charge < -0.3 is 20.1 Å². The van der Waals surface area contributed by atoms with Crippen molar-refractivity contribution in [1.82, 2.24) is 10.3 Å². The number of ether oxygens (including phenoxy) is 2. The molecule has 0 fully saturated rings. The van der Waals surface area contributed by atoms with Crippen LogP contribution in [0.15, 0.2) is 36.5 Å². The Morgan fingerprint density at radius 2 is 1.91 bits per heavy atom. The molecule has 0 aliphatic carbocycles. The van der Waals surface area contributed by atoms with Crippen molar-refractivity contribution in [2.75, 3.05) is 19.5 Å². The molecule has 0 atom stereocenters. The maximum Gasteiger partial charge on any atom is 0.319 e. The zero-order valence-electron chi connectivity index (χ0n) is 12.8. The molecular weight excluding hydrogens is 282 g/mol. The summed E-state index contributed by atoms with van der Waals surface area (Å²) in [6.45, 7) is 2.27. The van der Waals surface area contributed by atoms with Gasteiger partial charge in [0.25, 0.3) is 0 Å². The number of hydrogen-bond acceptors (Lipinski definition) is 4. The maximum absolute atomic E-state index is 11.8. The highest BCUT2D eigenvalue weighted by atomic mass is 16.5. The third-order valence-electron chi connectivity index (χ3n) is 3.07. The van der Waals surface area contributed by atoms with Crippen molar-refractivity contribution in [3.05, 3.63) is 47.8 Å². The van der Waals surface area contributed by atoms with E-state index in [9.17, 15) is 4.79 Å². The first-order chi connectivity index (χ1) is 10.6. The summed E-state index contributed by atoms with van der Waals surface area (Å²) in [7, 11) is 3.16. The van der Waals surface area contributed by atoms with Crippen LogP contribution in [-0.2, 0) is 6.54 Å². The number of aromatic nitrogens is 1. The molecule has 0 aliphatic rings. The summed E-state index contributed by atoms with van der Waals surface area (Å²) in [6, 6.07) is 8.85. The number of methoxy groups -OCH3 is 2. The molecular formula is C16H19N3O3. The fourth-order valence-corrected chi connectivity index (χ4v) is 1.89. The Balaban J connectivity index is 1.92. The van der Waals surface area contributed by atoms with Crippen LogP contribution in [0.2, 0.25) is 0 Å². The van der Waals surface area contributed by atoms with E-state index in [1.807, 2.05) is 25.1 Å². The van der Waals surface area contributed by atoms with Crippen LogP contribution in [0.1, 0.15) is 11.3 Å². The minimum atomic E-state index is -0.291. The van der Waals surface area contributed by atoms with Gasteiger partial charge in [0.1, 0.15) is 0 Å². The number of anilines is 1. The summed E-state index contributed by atoms with van der Waals surface area (Å²) in [5.41, 5.74) is 2.46. The SMILES string of the molecule is COc1ccc(CNC(=O)Nc2ccc(C)nc2)cc1OC. The Morgan fingerprint density at radius 1 is 1.14 bits per heavy atom. The van der Waals surface area contributed by atoms with Crippen molar-refractivity contribution >= 4 is 11.7 Å². The Bertz CT molecular complexity index is 642. The molecule has 0 radical (unpaired) electrons. The minimum Gasteiger partial charge on any atom is -0.493 e. The van der Waals surface area contributed by atoms with Gasteiger partial charge in [0, 0.05) is 12.2 Å². The van der Waals surface area contributed by atoms with Crippen molar-refractivity contribution in [2.45, 2.75) is 13.5 Å². The summed E-state index contributed by atoms with van der Waals surface area (Å²) in [6.07, 6.45) is 1.62. The molecule has 6 nitrogen and oxygen atoms in total. The van der Waals surface area contributed by atoms with Crippen molar-refractivity contribution in [3.8, 4) is 11.5 Å². The number of nitrogens with one attached hydrogen (secondary N) is 2. The van der Waals surface area contributed by atoms with E-state index in [0.717, 1.165) is 11.3 Å². The first-order valence-electron chi connectivity index (χ1n) is 6.81. The number of aryl methyl sites for hydroxylation is 1. The van der Waals surface area contributed by atoms with E-state index >= 15 is 0 Å². The summed E-state index contributed by atoms with van der Waals surface area (Å²) in [5, 5.41) is 5.50. The maximum atomic E-state index is 11.8. The van der Waals surface area contributed by atoms with Gasteiger partial charge in [0.05, 0.1) is 26.1 Å². The molecule has 2 N–H and O–H groups in total. The number of carbonyl (C=O) groups excluding carboxylic acids is 1. The lowest BCUT2D eigenvalue weighted by Gasteiger charge is -2.11. The highest BCUT2D eigenvalue weighted by Crippen LogP contribution is 2.27. The normalized spacial score (nSPS) is 9.95. The summed E-state index contributed by atoms with van der Waals surface area (Å²) in [5.74, 6) is 1.28. The van der Waals surface area contributed by atoms with E-state index in [1.54, 1.807) is 32.5 Å². The fourth-order valence-electron chi connectivity index (χ4n) is 1.89. The monoisotopic (exact) mass is 301 g/mol. The first kappa shape index (κ1) is 15.6. The van der Waals surface area contributed by atoms with Crippen molar-refractivity contribution < 1.29 is 14.3 Å². The molecule has 2 rings (SSSR count). The number of hydrogen-bond donors (Lipinski definition) is 2. The predicted molar refractivity (Wildman–Crippen MR) is 84.4 cm³/mol. The van der Waals surface area contributed by atoms with Crippen molar-refractivity contribution in [3.63, 3.8) is 0 Å². The molecule has 2 amide bonds. The Labute approximate surface area is 129 Å². The van der Waals surface area contributed by atoms with Crippen LogP contribution in [0, 0.1) is 6.92 Å². The third kappa shape index (κ3) is 4.12. The van der Waals surface area contributed by atoms with Crippen LogP contribution in [-0.4, -0.2) is 25.2 Å². The highest BCUT2D eigenvalue weighted by molar-refractivity contribution is 5.88. The van der Waals surface area contributed by atoms with Crippen molar-refractivity contribution in [1.29, 1.82) is 0 Å². The molecule has 0 bridgehead atoms. The average molecular weight is 301 g/mol. The zero-order chi connectivity index (χ0) is 15.9. The minimum absolute atomic E-state index is 0.291. The predicted octanol–water partition coefficient (Wildman–Crippen LogP) is 2.73. The quantitative estimate of drug-likeness (QED) is 0.890. The second kappa shape index (κ2) is 7.31. The lowest BCUT2D eigenvalue weighted by atomic mass is 10.2. The second-order valence-corrected chi connectivity index (χ2v) is 4.69. The molecule has 0 spiro atoms. The number of benzene rings is 1. The molecule has 22 heavy (non-hydrogen) atoms. The summed E-state index contributed by atoms with van der Waals surface area (Å²) in [4.78, 5) is 16.0. The van der Waals surface area contributed by atoms with Crippen LogP contribution < -0.4 is 20.1 Å². The van der Waals surface area contributed by atoms with Crippen LogP contribution in [0.4, 0.5) is 10.5 Å². The van der Waals surface area contributed by atoms with Gasteiger partial charge in [-0.2, -0.15) is 0 Å². The number of amides is 2. The molecule has 116 valence electrons. The van der Waals surface area contributed by atoms with Gasteiger partial charge in [-0.05, 0) is 36.8 Å². The topological polar surface area (TPSA) is 72.5 Å². The van der Waals surface area contributed by atoms with Crippen LogP contribution in [0.5, 0.6) is 11.5 Å². The van der Waals surface area contributed by atoms with Gasteiger partial charge in [0.2, 0.25) is 0 Å². The lowest BCUT2D eigenvalue weighted by molar-refractivity contribution is 0.251. The van der Waals surface area contributed by atoms with Crippen molar-refractivity contribution in [2.24, 2.45) is 0 Å². The summed E-state index contributed by atoms with van der Waals surface area (Å²) < 4.78 is 10.4. The number of rotatable bonds is 5. The van der Waals surface area contributed by atoms with E-state index in [4.69, 9.17) is 9.47 Å². The highest BCUT2D eigenvalue weighted by Gasteiger charge is 2.06. The first-order valence-corrected chi connectivity index (χ1v) is 6.81. The van der Waals surface area contributed by atoms with Gasteiger partial charge >= 0.3 is 6.03 Å². The molecule has 2 aromatic rings. The van der Waals surface area contributed by atoms with Crippen LogP contribution in [0.25, 0.3) is 0 Å². The number of pyridine rings is 1. The molecule has 6 heteroatoms. The Hall–Kier alpha value is -2.76. The van der Waals surface area contributed by atoms with E-state index in [2.05, 4.69) is 15.6 Å². The van der Waals surface area contributed by atoms with Gasteiger partial charge in [-0.3, -0.25) is 4.98 Å². The summed E-state index contributed by atoms with van der Waals surface area (Å²) >= 11 is 0. The number of carbonyl (C=O) groups is 1. The standard InChI is InChI=1S/C16H19N3O3/c1-11-4-6-13(10-17-11)19-16(20)18-9-12-5-7-14(21-2)15(8-12)22-3/h4-8,10H,9H2,1-3H3,(H2,18,19,20). The third-order valence-corrected chi connectivity index (χ3v) is 3.07. The Morgan fingerprint density at radius 3 is 2.55 bits per heavy atom. The van der Waals surface area contributed by atoms with E-state index < -0.39 is 0 Å². The Kier molecular flexibility index (Phi) is 5.19. The van der Waals surface area contributed by atoms with Crippen LogP contribution in [0.3, 0.4) is 0 Å². The van der Waals surface area contributed by atoms with E-state index in [-0.39, 0.29) is 6.03 Å². The van der Waals surface area contributed by atoms with Gasteiger partial charge in [-0.15, -0.1) is 0 Å². The van der Waals surface area contributed by atoms with Gasteiger partial charge in [0.15, 0.2) is 11.5 Å². The van der Waals surface area contributed by atoms with E-state index in [1.165, 1.54) is 0 Å². The molecule has 0 unspecified atom stereocenters. The van der Waals surface area contributed by atoms with Gasteiger partial charge in [-0.25, -0.2) is 4.79 Å². The largest absolute Gasteiger partial charge is 0.493 e. The average Bonchev–Trinajstić information content (AvgIpc) is 2.54. The van der Waals surface area contributed by atoms with E-state index in [0.29, 0.717) is 23.7 Å². The lowest BCUT2D eigenvalue weighted by Crippen LogP contribution is -2.28. The van der Waals surface area contributed by atoms with Crippen LogP contribution >= 0.6 is 0 Å². The zero-order valence-corrected chi connectivity index (χ0v) is 12.8. The molecule has 0 saturated carbocycles. The number of nitrogens with zero attached hydrogens (tertiary/aromatic N) is 1. The molecule has 0 aliphatic heterocycles. The molecule has 1 aromatic heterocycles. The smallest absolute Gasteiger partial charge is 0.319 e. The molecule has 1 heterocycles. The molecule has 1 aromatic carbocycles.